The molecule has 0 aromatic carbocycles. The number of rotatable bonds is 2. The number of nitrogens with zero attached hydrogens (tertiary/aromatic N) is 2. The molecule has 0 radical (unpaired) electrons. The van der Waals surface area contributed by atoms with Crippen LogP contribution < -0.4 is 10.9 Å². The zero-order valence-electron chi connectivity index (χ0n) is 7.22. The van der Waals surface area contributed by atoms with Gasteiger partial charge in [-0.3, -0.25) is 20.4 Å². The van der Waals surface area contributed by atoms with Crippen molar-refractivity contribution in [2.45, 2.75) is 6.47 Å². The first-order chi connectivity index (χ1) is 7.17. The number of hydrogen-bond acceptors (Lipinski definition) is 4. The van der Waals surface area contributed by atoms with Crippen LogP contribution in [0.1, 0.15) is 0 Å². The second-order valence-corrected chi connectivity index (χ2v) is 9.17. The molecule has 0 bridgehead atoms. The Bertz CT molecular complexity index is 356. The molecule has 0 spiro atoms. The molecule has 0 heterocycles. The smallest absolute Gasteiger partial charge is 0.269 e. The summed E-state index contributed by atoms with van der Waals surface area (Å²) in [5, 5.41) is 17.1. The topological polar surface area (TPSA) is 106 Å². The van der Waals surface area contributed by atoms with Gasteiger partial charge < -0.3 is 0 Å². The van der Waals surface area contributed by atoms with Crippen molar-refractivity contribution in [3.05, 3.63) is 0 Å². The molecule has 16 heavy (non-hydrogen) atoms. The van der Waals surface area contributed by atoms with E-state index >= 15 is 0 Å². The van der Waals surface area contributed by atoms with Crippen molar-refractivity contribution in [3.8, 4) is 12.1 Å². The Labute approximate surface area is 124 Å². The van der Waals surface area contributed by atoms with Gasteiger partial charge in [0.05, 0.1) is 0 Å². The van der Waals surface area contributed by atoms with E-state index in [9.17, 15) is 9.59 Å². The van der Waals surface area contributed by atoms with E-state index in [-0.39, 0.29) is 0 Å². The third-order valence-electron chi connectivity index (χ3n) is 1.14. The number of amides is 2. The van der Waals surface area contributed by atoms with Crippen LogP contribution in [0, 0.1) is 22.7 Å². The van der Waals surface area contributed by atoms with E-state index in [0.717, 1.165) is 0 Å². The maximum absolute atomic E-state index is 11.3. The second-order valence-electron chi connectivity index (χ2n) is 2.28. The Morgan fingerprint density at radius 1 is 0.875 bits per heavy atom. The van der Waals surface area contributed by atoms with E-state index in [1.807, 2.05) is 10.9 Å². The zero-order chi connectivity index (χ0) is 13.0. The normalized spacial score (nSPS) is 10.9. The van der Waals surface area contributed by atoms with Crippen molar-refractivity contribution in [2.24, 2.45) is 0 Å². The molecule has 2 amide bonds. The molecule has 0 unspecified atom stereocenters. The van der Waals surface area contributed by atoms with Crippen LogP contribution in [-0.2, 0) is 9.59 Å². The molecule has 0 atom stereocenters. The number of carbonyl (C=O) groups is 2. The minimum Gasteiger partial charge on any atom is -0.269 e. The molecule has 0 fully saturated rings. The molecule has 0 aliphatic carbocycles. The van der Waals surface area contributed by atoms with E-state index < -0.39 is 18.3 Å². The van der Waals surface area contributed by atoms with Crippen LogP contribution in [0.5, 0.6) is 0 Å². The van der Waals surface area contributed by atoms with Gasteiger partial charge in [0.25, 0.3) is 11.8 Å². The van der Waals surface area contributed by atoms with E-state index in [4.69, 9.17) is 10.5 Å². The van der Waals surface area contributed by atoms with E-state index in [2.05, 4.69) is 63.7 Å². The Hall–Kier alpha value is -0.160. The van der Waals surface area contributed by atoms with Gasteiger partial charge in [-0.15, -0.1) is 0 Å². The SMILES string of the molecule is N#CC(Br)(Br)C(=O)NNC(=O)C(Br)(Br)C#N. The molecule has 0 saturated carbocycles. The maximum atomic E-state index is 11.3. The highest BCUT2D eigenvalue weighted by atomic mass is 79.9. The van der Waals surface area contributed by atoms with Gasteiger partial charge in [0, 0.05) is 0 Å². The third-order valence-corrected chi connectivity index (χ3v) is 3.29. The Balaban J connectivity index is 4.42. The summed E-state index contributed by atoms with van der Waals surface area (Å²) in [6.07, 6.45) is 0. The van der Waals surface area contributed by atoms with Gasteiger partial charge >= 0.3 is 0 Å². The average Bonchev–Trinajstić information content (AvgIpc) is 2.24. The fourth-order valence-corrected chi connectivity index (χ4v) is 0.769. The lowest BCUT2D eigenvalue weighted by Crippen LogP contribution is -2.51. The van der Waals surface area contributed by atoms with E-state index in [1.165, 1.54) is 0 Å². The lowest BCUT2D eigenvalue weighted by molar-refractivity contribution is -0.127. The molecule has 10 heteroatoms. The van der Waals surface area contributed by atoms with E-state index in [1.54, 1.807) is 12.1 Å². The van der Waals surface area contributed by atoms with E-state index in [0.29, 0.717) is 0 Å². The molecule has 6 nitrogen and oxygen atoms in total. The highest BCUT2D eigenvalue weighted by molar-refractivity contribution is 9.26. The number of nitriles is 2. The van der Waals surface area contributed by atoms with Crippen LogP contribution >= 0.6 is 63.7 Å². The fourth-order valence-electron chi connectivity index (χ4n) is 0.372. The molecule has 0 aromatic heterocycles. The monoisotopic (exact) mass is 478 g/mol. The van der Waals surface area contributed by atoms with Crippen LogP contribution in [0.2, 0.25) is 0 Å². The Morgan fingerprint density at radius 3 is 1.31 bits per heavy atom. The van der Waals surface area contributed by atoms with Crippen LogP contribution in [0.15, 0.2) is 0 Å². The summed E-state index contributed by atoms with van der Waals surface area (Å²) in [4.78, 5) is 22.5. The van der Waals surface area contributed by atoms with Crippen molar-refractivity contribution in [2.75, 3.05) is 0 Å². The first-order valence-electron chi connectivity index (χ1n) is 3.36. The van der Waals surface area contributed by atoms with Crippen LogP contribution in [0.3, 0.4) is 0 Å². The molecule has 0 saturated heterocycles. The van der Waals surface area contributed by atoms with Gasteiger partial charge in [0.1, 0.15) is 12.1 Å². The predicted octanol–water partition coefficient (Wildman–Crippen LogP) is 1.15. The molecular formula is C6H2Br4N4O2. The second kappa shape index (κ2) is 5.96. The zero-order valence-corrected chi connectivity index (χ0v) is 13.6. The van der Waals surface area contributed by atoms with Gasteiger partial charge in [0.2, 0.25) is 6.47 Å². The maximum Gasteiger partial charge on any atom is 0.280 e. The quantitative estimate of drug-likeness (QED) is 0.456. The van der Waals surface area contributed by atoms with Crippen molar-refractivity contribution < 1.29 is 9.59 Å². The van der Waals surface area contributed by atoms with Crippen LogP contribution in [0.25, 0.3) is 0 Å². The molecule has 86 valence electrons. The number of nitrogens with one attached hydrogen (secondary N) is 2. The lowest BCUT2D eigenvalue weighted by atomic mass is 10.4. The summed E-state index contributed by atoms with van der Waals surface area (Å²) in [6.45, 7) is 0. The average molecular weight is 482 g/mol. The summed E-state index contributed by atoms with van der Waals surface area (Å²) >= 11 is 11.1. The summed E-state index contributed by atoms with van der Waals surface area (Å²) in [6, 6.07) is 3.20. The first kappa shape index (κ1) is 15.8. The highest BCUT2D eigenvalue weighted by Gasteiger charge is 2.36. The van der Waals surface area contributed by atoms with Crippen molar-refractivity contribution in [1.82, 2.24) is 10.9 Å². The van der Waals surface area contributed by atoms with Crippen LogP contribution in [-0.4, -0.2) is 18.3 Å². The number of hydrogen-bond donors (Lipinski definition) is 2. The van der Waals surface area contributed by atoms with Gasteiger partial charge in [-0.2, -0.15) is 10.5 Å². The molecule has 2 N–H and O–H groups in total. The highest BCUT2D eigenvalue weighted by Crippen LogP contribution is 2.26. The van der Waals surface area contributed by atoms with Gasteiger partial charge in [0.15, 0.2) is 0 Å². The Kier molecular flexibility index (Phi) is 5.90. The predicted molar refractivity (Wildman–Crippen MR) is 68.7 cm³/mol. The molecule has 0 aromatic rings. The minimum atomic E-state index is -1.64. The number of carbonyl (C=O) groups excluding carboxylic acids is 2. The summed E-state index contributed by atoms with van der Waals surface area (Å²) < 4.78 is -3.28. The molecular weight excluding hydrogens is 480 g/mol. The van der Waals surface area contributed by atoms with Crippen LogP contribution in [0.4, 0.5) is 0 Å². The number of hydrazine groups is 1. The third kappa shape index (κ3) is 4.37. The number of alkyl halides is 4. The van der Waals surface area contributed by atoms with Gasteiger partial charge in [-0.25, -0.2) is 0 Å². The van der Waals surface area contributed by atoms with Gasteiger partial charge in [-0.05, 0) is 63.7 Å². The number of halogens is 4. The Morgan fingerprint density at radius 2 is 1.12 bits per heavy atom. The van der Waals surface area contributed by atoms with Crippen molar-refractivity contribution in [3.63, 3.8) is 0 Å². The first-order valence-corrected chi connectivity index (χ1v) is 6.53. The summed E-state index contributed by atoms with van der Waals surface area (Å²) in [5.74, 6) is -1.67. The molecule has 0 aliphatic heterocycles. The molecule has 0 aliphatic rings. The minimum absolute atomic E-state index is 0.836. The van der Waals surface area contributed by atoms with Crippen molar-refractivity contribution in [1.29, 1.82) is 10.5 Å². The summed E-state index contributed by atoms with van der Waals surface area (Å²) in [5.41, 5.74) is 3.90. The molecule has 0 rings (SSSR count). The largest absolute Gasteiger partial charge is 0.280 e. The lowest BCUT2D eigenvalue weighted by Gasteiger charge is -2.15. The standard InChI is InChI=1S/C6H2Br4N4O2/c7-5(8,1-11)3(15)13-14-4(16)6(9,10)2-12/h(H,13,15)(H,14,16). The summed E-state index contributed by atoms with van der Waals surface area (Å²) in [7, 11) is 0. The van der Waals surface area contributed by atoms with Gasteiger partial charge in [-0.1, -0.05) is 0 Å². The van der Waals surface area contributed by atoms with Crippen molar-refractivity contribution >= 4 is 75.5 Å². The fraction of sp³-hybridized carbons (Fsp3) is 0.333.